The summed E-state index contributed by atoms with van der Waals surface area (Å²) >= 11 is 1.74. The number of rotatable bonds is 5. The zero-order valence-electron chi connectivity index (χ0n) is 10.4. The summed E-state index contributed by atoms with van der Waals surface area (Å²) in [7, 11) is 0. The fourth-order valence-electron chi connectivity index (χ4n) is 1.96. The minimum Gasteiger partial charge on any atom is -0.320 e. The van der Waals surface area contributed by atoms with Gasteiger partial charge in [0.15, 0.2) is 0 Å². The molecule has 2 aromatic heterocycles. The molecule has 0 fully saturated rings. The zero-order chi connectivity index (χ0) is 13.0. The van der Waals surface area contributed by atoms with Crippen LogP contribution >= 0.6 is 11.3 Å². The van der Waals surface area contributed by atoms with Gasteiger partial charge in [-0.05, 0) is 42.8 Å². The standard InChI is InChI=1S/C14H17FN2S/c1-2-14(16,8-7-12-4-3-9-18-12)13-6-5-11(15)10-17-13/h3-6,9-10H,2,7-8,16H2,1H3. The zero-order valence-corrected chi connectivity index (χ0v) is 11.2. The Hall–Kier alpha value is -1.26. The van der Waals surface area contributed by atoms with E-state index >= 15 is 0 Å². The monoisotopic (exact) mass is 264 g/mol. The molecule has 0 spiro atoms. The molecule has 1 atom stereocenters. The van der Waals surface area contributed by atoms with Gasteiger partial charge in [0, 0.05) is 4.88 Å². The quantitative estimate of drug-likeness (QED) is 0.898. The van der Waals surface area contributed by atoms with E-state index in [1.54, 1.807) is 17.4 Å². The first-order valence-electron chi connectivity index (χ1n) is 6.07. The number of aryl methyl sites for hydroxylation is 1. The average molecular weight is 264 g/mol. The van der Waals surface area contributed by atoms with Crippen LogP contribution in [0.15, 0.2) is 35.8 Å². The molecule has 0 aliphatic heterocycles. The Kier molecular flexibility index (Phi) is 4.09. The lowest BCUT2D eigenvalue weighted by Gasteiger charge is -2.27. The van der Waals surface area contributed by atoms with Crippen molar-refractivity contribution in [1.29, 1.82) is 0 Å². The number of nitrogens with zero attached hydrogens (tertiary/aromatic N) is 1. The molecule has 2 aromatic rings. The molecule has 0 saturated heterocycles. The van der Waals surface area contributed by atoms with Crippen molar-refractivity contribution < 1.29 is 4.39 Å². The minimum atomic E-state index is -0.475. The molecule has 18 heavy (non-hydrogen) atoms. The maximum atomic E-state index is 12.9. The molecular weight excluding hydrogens is 247 g/mol. The molecule has 0 bridgehead atoms. The third-order valence-corrected chi connectivity index (χ3v) is 4.20. The van der Waals surface area contributed by atoms with Gasteiger partial charge < -0.3 is 5.73 Å². The molecule has 0 aliphatic rings. The Balaban J connectivity index is 2.12. The Morgan fingerprint density at radius 2 is 2.22 bits per heavy atom. The summed E-state index contributed by atoms with van der Waals surface area (Å²) in [6.07, 6.45) is 3.78. The SMILES string of the molecule is CCC(N)(CCc1cccs1)c1ccc(F)cn1. The maximum Gasteiger partial charge on any atom is 0.141 e. The predicted octanol–water partition coefficient (Wildman–Crippen LogP) is 3.48. The van der Waals surface area contributed by atoms with Crippen LogP contribution in [0.4, 0.5) is 4.39 Å². The van der Waals surface area contributed by atoms with E-state index in [1.165, 1.54) is 17.1 Å². The largest absolute Gasteiger partial charge is 0.320 e. The summed E-state index contributed by atoms with van der Waals surface area (Å²) in [5.41, 5.74) is 6.70. The summed E-state index contributed by atoms with van der Waals surface area (Å²) in [6.45, 7) is 2.04. The highest BCUT2D eigenvalue weighted by Gasteiger charge is 2.26. The first kappa shape index (κ1) is 13.2. The Labute approximate surface area is 111 Å². The molecule has 4 heteroatoms. The predicted molar refractivity (Wildman–Crippen MR) is 73.0 cm³/mol. The summed E-state index contributed by atoms with van der Waals surface area (Å²) in [5, 5.41) is 2.07. The molecular formula is C14H17FN2S. The van der Waals surface area contributed by atoms with Crippen molar-refractivity contribution in [3.63, 3.8) is 0 Å². The van der Waals surface area contributed by atoms with Crippen molar-refractivity contribution in [3.05, 3.63) is 52.2 Å². The molecule has 2 N–H and O–H groups in total. The van der Waals surface area contributed by atoms with Gasteiger partial charge in [0.05, 0.1) is 17.4 Å². The van der Waals surface area contributed by atoms with Crippen molar-refractivity contribution in [2.45, 2.75) is 31.7 Å². The molecule has 1 unspecified atom stereocenters. The summed E-state index contributed by atoms with van der Waals surface area (Å²) in [6, 6.07) is 7.26. The molecule has 0 saturated carbocycles. The Bertz CT molecular complexity index is 481. The number of pyridine rings is 1. The van der Waals surface area contributed by atoms with Crippen molar-refractivity contribution in [2.75, 3.05) is 0 Å². The summed E-state index contributed by atoms with van der Waals surface area (Å²) < 4.78 is 12.9. The first-order valence-corrected chi connectivity index (χ1v) is 6.95. The number of thiophene rings is 1. The molecule has 2 heterocycles. The molecule has 0 aromatic carbocycles. The van der Waals surface area contributed by atoms with Crippen LogP contribution in [-0.4, -0.2) is 4.98 Å². The van der Waals surface area contributed by atoms with E-state index in [1.807, 2.05) is 13.0 Å². The van der Waals surface area contributed by atoms with Gasteiger partial charge in [0.2, 0.25) is 0 Å². The second-order valence-electron chi connectivity index (χ2n) is 4.45. The van der Waals surface area contributed by atoms with E-state index in [2.05, 4.69) is 16.4 Å². The van der Waals surface area contributed by atoms with Crippen LogP contribution < -0.4 is 5.73 Å². The second kappa shape index (κ2) is 5.59. The van der Waals surface area contributed by atoms with Gasteiger partial charge in [-0.2, -0.15) is 0 Å². The van der Waals surface area contributed by atoms with Crippen LogP contribution in [0.2, 0.25) is 0 Å². The van der Waals surface area contributed by atoms with Gasteiger partial charge >= 0.3 is 0 Å². The van der Waals surface area contributed by atoms with E-state index in [9.17, 15) is 4.39 Å². The van der Waals surface area contributed by atoms with E-state index in [-0.39, 0.29) is 5.82 Å². The molecule has 2 rings (SSSR count). The summed E-state index contributed by atoms with van der Waals surface area (Å²) in [4.78, 5) is 5.44. The fraction of sp³-hybridized carbons (Fsp3) is 0.357. The molecule has 0 aliphatic carbocycles. The number of aromatic nitrogens is 1. The summed E-state index contributed by atoms with van der Waals surface area (Å²) in [5.74, 6) is -0.324. The highest BCUT2D eigenvalue weighted by Crippen LogP contribution is 2.27. The first-order chi connectivity index (χ1) is 8.64. The topological polar surface area (TPSA) is 38.9 Å². The highest BCUT2D eigenvalue weighted by atomic mass is 32.1. The van der Waals surface area contributed by atoms with Crippen LogP contribution in [0.3, 0.4) is 0 Å². The van der Waals surface area contributed by atoms with Gasteiger partial charge in [0.1, 0.15) is 5.82 Å². The number of hydrogen-bond acceptors (Lipinski definition) is 3. The second-order valence-corrected chi connectivity index (χ2v) is 5.48. The van der Waals surface area contributed by atoms with Crippen molar-refractivity contribution >= 4 is 11.3 Å². The minimum absolute atomic E-state index is 0.324. The third-order valence-electron chi connectivity index (χ3n) is 3.27. The molecule has 0 amide bonds. The van der Waals surface area contributed by atoms with E-state index < -0.39 is 5.54 Å². The van der Waals surface area contributed by atoms with Crippen LogP contribution in [0.5, 0.6) is 0 Å². The van der Waals surface area contributed by atoms with Gasteiger partial charge in [-0.15, -0.1) is 11.3 Å². The van der Waals surface area contributed by atoms with Gasteiger partial charge in [-0.3, -0.25) is 4.98 Å². The Morgan fingerprint density at radius 3 is 2.78 bits per heavy atom. The van der Waals surface area contributed by atoms with Gasteiger partial charge in [-0.25, -0.2) is 4.39 Å². The van der Waals surface area contributed by atoms with E-state index in [0.29, 0.717) is 0 Å². The molecule has 96 valence electrons. The lowest BCUT2D eigenvalue weighted by molar-refractivity contribution is 0.383. The number of halogens is 1. The highest BCUT2D eigenvalue weighted by molar-refractivity contribution is 7.09. The fourth-order valence-corrected chi connectivity index (χ4v) is 2.67. The van der Waals surface area contributed by atoms with Gasteiger partial charge in [0.25, 0.3) is 0 Å². The van der Waals surface area contributed by atoms with Crippen LogP contribution in [-0.2, 0) is 12.0 Å². The number of hydrogen-bond donors (Lipinski definition) is 1. The molecule has 0 radical (unpaired) electrons. The maximum absolute atomic E-state index is 12.9. The lowest BCUT2D eigenvalue weighted by atomic mass is 9.87. The van der Waals surface area contributed by atoms with Crippen molar-refractivity contribution in [2.24, 2.45) is 5.73 Å². The normalized spacial score (nSPS) is 14.4. The average Bonchev–Trinajstić information content (AvgIpc) is 2.90. The van der Waals surface area contributed by atoms with Crippen molar-refractivity contribution in [1.82, 2.24) is 4.98 Å². The smallest absolute Gasteiger partial charge is 0.141 e. The van der Waals surface area contributed by atoms with Crippen LogP contribution in [0.25, 0.3) is 0 Å². The van der Waals surface area contributed by atoms with Crippen molar-refractivity contribution in [3.8, 4) is 0 Å². The van der Waals surface area contributed by atoms with E-state index in [0.717, 1.165) is 25.0 Å². The van der Waals surface area contributed by atoms with E-state index in [4.69, 9.17) is 5.73 Å². The lowest BCUT2D eigenvalue weighted by Crippen LogP contribution is -2.37. The Morgan fingerprint density at radius 1 is 1.39 bits per heavy atom. The molecule has 2 nitrogen and oxygen atoms in total. The van der Waals surface area contributed by atoms with Crippen LogP contribution in [0, 0.1) is 5.82 Å². The third kappa shape index (κ3) is 2.94. The van der Waals surface area contributed by atoms with Crippen LogP contribution in [0.1, 0.15) is 30.3 Å². The number of nitrogens with two attached hydrogens (primary N) is 1. The van der Waals surface area contributed by atoms with Gasteiger partial charge in [-0.1, -0.05) is 13.0 Å².